The molecular formula is C28H30Cl3N3O5S. The number of anilines is 1. The van der Waals surface area contributed by atoms with Gasteiger partial charge in [0, 0.05) is 33.7 Å². The van der Waals surface area contributed by atoms with Crippen LogP contribution in [-0.4, -0.2) is 51.4 Å². The Hall–Kier alpha value is -2.98. The van der Waals surface area contributed by atoms with Gasteiger partial charge in [0.2, 0.25) is 11.8 Å². The minimum Gasteiger partial charge on any atom is -0.497 e. The second-order valence-electron chi connectivity index (χ2n) is 8.86. The standard InChI is InChI=1S/C28H30Cl3N3O5S/c1-4-15-32-28(36)19(2)33(17-24-25(30)9-6-10-26(24)31)27(35)18-34(21-8-5-7-20(29)16-21)40(37,38)23-13-11-22(39-3)12-14-23/h5-14,16,19H,4,15,17-18H2,1-3H3,(H,32,36). The molecule has 3 aromatic carbocycles. The minimum absolute atomic E-state index is 0.0597. The first-order valence-electron chi connectivity index (χ1n) is 12.4. The van der Waals surface area contributed by atoms with E-state index in [1.165, 1.54) is 48.4 Å². The van der Waals surface area contributed by atoms with Gasteiger partial charge in [0.25, 0.3) is 10.0 Å². The first-order chi connectivity index (χ1) is 19.0. The molecule has 3 aromatic rings. The van der Waals surface area contributed by atoms with E-state index in [1.54, 1.807) is 37.3 Å². The number of halogens is 3. The lowest BCUT2D eigenvalue weighted by molar-refractivity contribution is -0.139. The van der Waals surface area contributed by atoms with Crippen LogP contribution in [0.1, 0.15) is 25.8 Å². The van der Waals surface area contributed by atoms with Gasteiger partial charge in [-0.25, -0.2) is 8.42 Å². The number of nitrogens with one attached hydrogen (secondary N) is 1. The summed E-state index contributed by atoms with van der Waals surface area (Å²) in [6.07, 6.45) is 0.700. The Morgan fingerprint density at radius 2 is 1.60 bits per heavy atom. The first-order valence-corrected chi connectivity index (χ1v) is 15.0. The normalized spacial score (nSPS) is 11.9. The van der Waals surface area contributed by atoms with Crippen LogP contribution in [0.15, 0.2) is 71.6 Å². The number of nitrogens with zero attached hydrogens (tertiary/aromatic N) is 2. The van der Waals surface area contributed by atoms with Gasteiger partial charge < -0.3 is 15.0 Å². The van der Waals surface area contributed by atoms with E-state index in [4.69, 9.17) is 39.5 Å². The number of carbonyl (C=O) groups is 2. The summed E-state index contributed by atoms with van der Waals surface area (Å²) in [6.45, 7) is 3.14. The lowest BCUT2D eigenvalue weighted by Crippen LogP contribution is -2.51. The molecule has 0 saturated heterocycles. The van der Waals surface area contributed by atoms with E-state index in [0.717, 1.165) is 4.31 Å². The molecule has 1 atom stereocenters. The molecule has 0 fully saturated rings. The lowest BCUT2D eigenvalue weighted by Gasteiger charge is -2.32. The zero-order valence-corrected chi connectivity index (χ0v) is 25.3. The van der Waals surface area contributed by atoms with E-state index in [9.17, 15) is 18.0 Å². The number of carbonyl (C=O) groups excluding carboxylic acids is 2. The van der Waals surface area contributed by atoms with Gasteiger partial charge in [-0.3, -0.25) is 13.9 Å². The van der Waals surface area contributed by atoms with Crippen molar-refractivity contribution >= 4 is 62.3 Å². The van der Waals surface area contributed by atoms with Crippen molar-refractivity contribution in [3.63, 3.8) is 0 Å². The van der Waals surface area contributed by atoms with Gasteiger partial charge in [0.15, 0.2) is 0 Å². The van der Waals surface area contributed by atoms with E-state index < -0.39 is 34.4 Å². The summed E-state index contributed by atoms with van der Waals surface area (Å²) < 4.78 is 33.8. The van der Waals surface area contributed by atoms with Crippen LogP contribution in [0.3, 0.4) is 0 Å². The van der Waals surface area contributed by atoms with Crippen molar-refractivity contribution in [2.75, 3.05) is 24.5 Å². The molecule has 214 valence electrons. The molecule has 0 heterocycles. The van der Waals surface area contributed by atoms with Crippen molar-refractivity contribution in [3.8, 4) is 5.75 Å². The molecule has 0 bridgehead atoms. The van der Waals surface area contributed by atoms with Crippen LogP contribution in [0.5, 0.6) is 5.75 Å². The summed E-state index contributed by atoms with van der Waals surface area (Å²) in [7, 11) is -2.78. The van der Waals surface area contributed by atoms with E-state index in [1.807, 2.05) is 6.92 Å². The zero-order valence-electron chi connectivity index (χ0n) is 22.2. The maximum atomic E-state index is 13.9. The van der Waals surface area contributed by atoms with E-state index in [0.29, 0.717) is 34.3 Å². The maximum absolute atomic E-state index is 13.9. The van der Waals surface area contributed by atoms with Crippen LogP contribution >= 0.6 is 34.8 Å². The zero-order chi connectivity index (χ0) is 29.4. The molecule has 40 heavy (non-hydrogen) atoms. The fourth-order valence-electron chi connectivity index (χ4n) is 3.87. The van der Waals surface area contributed by atoms with Crippen molar-refractivity contribution < 1.29 is 22.7 Å². The Labute approximate surface area is 249 Å². The number of sulfonamides is 1. The number of benzene rings is 3. The monoisotopic (exact) mass is 625 g/mol. The molecule has 0 aliphatic carbocycles. The smallest absolute Gasteiger partial charge is 0.264 e. The van der Waals surface area contributed by atoms with Crippen molar-refractivity contribution in [3.05, 3.63) is 87.4 Å². The number of hydrogen-bond acceptors (Lipinski definition) is 5. The SMILES string of the molecule is CCCNC(=O)C(C)N(Cc1c(Cl)cccc1Cl)C(=O)CN(c1cccc(Cl)c1)S(=O)(=O)c1ccc(OC)cc1. The predicted octanol–water partition coefficient (Wildman–Crippen LogP) is 5.79. The molecule has 0 aliphatic heterocycles. The molecule has 12 heteroatoms. The fraction of sp³-hybridized carbons (Fsp3) is 0.286. The molecule has 0 spiro atoms. The molecule has 0 aliphatic rings. The largest absolute Gasteiger partial charge is 0.497 e. The van der Waals surface area contributed by atoms with Crippen LogP contribution in [0.25, 0.3) is 0 Å². The van der Waals surface area contributed by atoms with Gasteiger partial charge in [-0.15, -0.1) is 0 Å². The second kappa shape index (κ2) is 14.1. The fourth-order valence-corrected chi connectivity index (χ4v) is 5.97. The quantitative estimate of drug-likeness (QED) is 0.274. The Morgan fingerprint density at radius 1 is 0.975 bits per heavy atom. The maximum Gasteiger partial charge on any atom is 0.264 e. The molecule has 2 amide bonds. The summed E-state index contributed by atoms with van der Waals surface area (Å²) in [4.78, 5) is 28.1. The van der Waals surface area contributed by atoms with Crippen molar-refractivity contribution in [2.24, 2.45) is 0 Å². The van der Waals surface area contributed by atoms with Crippen LogP contribution in [0, 0.1) is 0 Å². The minimum atomic E-state index is -4.25. The van der Waals surface area contributed by atoms with Crippen molar-refractivity contribution in [2.45, 2.75) is 37.8 Å². The Morgan fingerprint density at radius 3 is 2.17 bits per heavy atom. The summed E-state index contributed by atoms with van der Waals surface area (Å²) >= 11 is 19.0. The van der Waals surface area contributed by atoms with Crippen LogP contribution < -0.4 is 14.4 Å². The Bertz CT molecular complexity index is 1430. The summed E-state index contributed by atoms with van der Waals surface area (Å²) in [6, 6.07) is 15.9. The topological polar surface area (TPSA) is 96.0 Å². The summed E-state index contributed by atoms with van der Waals surface area (Å²) in [5.41, 5.74) is 0.608. The molecule has 0 saturated carbocycles. The molecule has 3 rings (SSSR count). The van der Waals surface area contributed by atoms with Gasteiger partial charge in [0.1, 0.15) is 18.3 Å². The van der Waals surface area contributed by atoms with Gasteiger partial charge >= 0.3 is 0 Å². The highest BCUT2D eigenvalue weighted by atomic mass is 35.5. The molecular weight excluding hydrogens is 597 g/mol. The van der Waals surface area contributed by atoms with Gasteiger partial charge in [-0.2, -0.15) is 0 Å². The highest BCUT2D eigenvalue weighted by Crippen LogP contribution is 2.29. The average molecular weight is 627 g/mol. The van der Waals surface area contributed by atoms with Crippen molar-refractivity contribution in [1.29, 1.82) is 0 Å². The van der Waals surface area contributed by atoms with E-state index >= 15 is 0 Å². The lowest BCUT2D eigenvalue weighted by atomic mass is 10.1. The predicted molar refractivity (Wildman–Crippen MR) is 159 cm³/mol. The number of methoxy groups -OCH3 is 1. The van der Waals surface area contributed by atoms with Gasteiger partial charge in [0.05, 0.1) is 17.7 Å². The highest BCUT2D eigenvalue weighted by molar-refractivity contribution is 7.92. The molecule has 8 nitrogen and oxygen atoms in total. The number of rotatable bonds is 12. The van der Waals surface area contributed by atoms with Crippen LogP contribution in [-0.2, 0) is 26.2 Å². The third-order valence-corrected chi connectivity index (χ3v) is 8.86. The average Bonchev–Trinajstić information content (AvgIpc) is 2.94. The molecule has 0 radical (unpaired) electrons. The number of hydrogen-bond donors (Lipinski definition) is 1. The first kappa shape index (κ1) is 31.5. The third kappa shape index (κ3) is 7.60. The summed E-state index contributed by atoms with van der Waals surface area (Å²) in [5, 5.41) is 3.68. The number of ether oxygens (including phenoxy) is 1. The summed E-state index contributed by atoms with van der Waals surface area (Å²) in [5.74, 6) is -0.572. The highest BCUT2D eigenvalue weighted by Gasteiger charge is 2.33. The van der Waals surface area contributed by atoms with Gasteiger partial charge in [-0.05, 0) is 67.9 Å². The third-order valence-electron chi connectivity index (χ3n) is 6.13. The van der Waals surface area contributed by atoms with Gasteiger partial charge in [-0.1, -0.05) is 53.9 Å². The second-order valence-corrected chi connectivity index (χ2v) is 12.0. The van der Waals surface area contributed by atoms with Crippen LogP contribution in [0.4, 0.5) is 5.69 Å². The van der Waals surface area contributed by atoms with E-state index in [2.05, 4.69) is 5.32 Å². The van der Waals surface area contributed by atoms with Crippen molar-refractivity contribution in [1.82, 2.24) is 10.2 Å². The molecule has 1 unspecified atom stereocenters. The Kier molecular flexibility index (Phi) is 11.1. The number of amides is 2. The van der Waals surface area contributed by atoms with E-state index in [-0.39, 0.29) is 22.2 Å². The molecule has 0 aromatic heterocycles. The molecule has 1 N–H and O–H groups in total. The Balaban J connectivity index is 2.06. The van der Waals surface area contributed by atoms with Crippen LogP contribution in [0.2, 0.25) is 15.1 Å².